The summed E-state index contributed by atoms with van der Waals surface area (Å²) in [5, 5.41) is 2.48. The molecule has 0 aliphatic carbocycles. The van der Waals surface area contributed by atoms with E-state index in [0.717, 1.165) is 4.57 Å². The Labute approximate surface area is 131 Å². The van der Waals surface area contributed by atoms with Crippen LogP contribution in [0.15, 0.2) is 18.2 Å². The molecule has 2 aromatic rings. The lowest BCUT2D eigenvalue weighted by atomic mass is 10.2. The van der Waals surface area contributed by atoms with Gasteiger partial charge in [0.2, 0.25) is 5.82 Å². The second-order valence-corrected chi connectivity index (χ2v) is 5.49. The zero-order chi connectivity index (χ0) is 17.2. The number of ether oxygens (including phenoxy) is 1. The first-order chi connectivity index (χ1) is 10.7. The van der Waals surface area contributed by atoms with Crippen LogP contribution in [0, 0.1) is 5.92 Å². The van der Waals surface area contributed by atoms with Gasteiger partial charge in [0.15, 0.2) is 0 Å². The Bertz CT molecular complexity index is 708. The average Bonchev–Trinajstić information content (AvgIpc) is 2.77. The molecule has 1 aromatic carbocycles. The Balaban J connectivity index is 2.49. The molecule has 8 heteroatoms. The molecule has 0 bridgehead atoms. The summed E-state index contributed by atoms with van der Waals surface area (Å²) in [4.78, 5) is 15.1. The number of halogens is 3. The van der Waals surface area contributed by atoms with Gasteiger partial charge in [0.1, 0.15) is 0 Å². The van der Waals surface area contributed by atoms with E-state index in [4.69, 9.17) is 4.74 Å². The van der Waals surface area contributed by atoms with Crippen molar-refractivity contribution >= 4 is 22.8 Å². The summed E-state index contributed by atoms with van der Waals surface area (Å²) in [7, 11) is 0. The van der Waals surface area contributed by atoms with E-state index in [1.54, 1.807) is 6.92 Å². The fourth-order valence-electron chi connectivity index (χ4n) is 2.25. The third-order valence-corrected chi connectivity index (χ3v) is 3.07. The number of imidazole rings is 1. The summed E-state index contributed by atoms with van der Waals surface area (Å²) in [5.74, 6) is -0.926. The van der Waals surface area contributed by atoms with Crippen molar-refractivity contribution in [3.8, 4) is 0 Å². The topological polar surface area (TPSA) is 56.1 Å². The second kappa shape index (κ2) is 6.47. The molecule has 23 heavy (non-hydrogen) atoms. The number of rotatable bonds is 4. The normalized spacial score (nSPS) is 12.0. The predicted molar refractivity (Wildman–Crippen MR) is 80.2 cm³/mol. The lowest BCUT2D eigenvalue weighted by Crippen LogP contribution is -2.17. The van der Waals surface area contributed by atoms with Crippen molar-refractivity contribution < 1.29 is 22.7 Å². The number of hydrogen-bond donors (Lipinski definition) is 1. The van der Waals surface area contributed by atoms with Crippen LogP contribution in [0.3, 0.4) is 0 Å². The van der Waals surface area contributed by atoms with Crippen LogP contribution in [0.1, 0.15) is 26.6 Å². The number of carbonyl (C=O) groups excluding carboxylic acids is 1. The molecule has 0 fully saturated rings. The summed E-state index contributed by atoms with van der Waals surface area (Å²) in [6.07, 6.45) is -5.19. The van der Waals surface area contributed by atoms with Crippen molar-refractivity contribution in [2.45, 2.75) is 33.5 Å². The third-order valence-electron chi connectivity index (χ3n) is 3.07. The molecule has 1 heterocycles. The van der Waals surface area contributed by atoms with E-state index in [-0.39, 0.29) is 24.6 Å². The monoisotopic (exact) mass is 329 g/mol. The molecule has 1 amide bonds. The molecule has 126 valence electrons. The zero-order valence-corrected chi connectivity index (χ0v) is 13.1. The summed E-state index contributed by atoms with van der Waals surface area (Å²) in [5.41, 5.74) is 0.905. The quantitative estimate of drug-likeness (QED) is 0.911. The highest BCUT2D eigenvalue weighted by Crippen LogP contribution is 2.33. The van der Waals surface area contributed by atoms with Crippen molar-refractivity contribution in [3.05, 3.63) is 24.0 Å². The van der Waals surface area contributed by atoms with Gasteiger partial charge in [-0.1, -0.05) is 13.8 Å². The first-order valence-corrected chi connectivity index (χ1v) is 7.23. The van der Waals surface area contributed by atoms with Crippen LogP contribution in [0.4, 0.5) is 23.7 Å². The Morgan fingerprint density at radius 2 is 2.09 bits per heavy atom. The average molecular weight is 329 g/mol. The third kappa shape index (κ3) is 3.94. The van der Waals surface area contributed by atoms with Crippen LogP contribution in [-0.4, -0.2) is 22.3 Å². The molecule has 0 atom stereocenters. The number of hydrogen-bond acceptors (Lipinski definition) is 3. The molecule has 0 aliphatic rings. The van der Waals surface area contributed by atoms with Gasteiger partial charge >= 0.3 is 12.3 Å². The van der Waals surface area contributed by atoms with Crippen molar-refractivity contribution in [3.63, 3.8) is 0 Å². The molecule has 1 N–H and O–H groups in total. The van der Waals surface area contributed by atoms with Crippen LogP contribution < -0.4 is 5.32 Å². The maximum absolute atomic E-state index is 13.2. The lowest BCUT2D eigenvalue weighted by molar-refractivity contribution is -0.147. The predicted octanol–water partition coefficient (Wildman–Crippen LogP) is 4.28. The van der Waals surface area contributed by atoms with Crippen molar-refractivity contribution in [2.75, 3.05) is 11.9 Å². The second-order valence-electron chi connectivity index (χ2n) is 5.49. The van der Waals surface area contributed by atoms with E-state index in [1.807, 2.05) is 13.8 Å². The highest BCUT2D eigenvalue weighted by molar-refractivity contribution is 5.89. The Morgan fingerprint density at radius 1 is 1.39 bits per heavy atom. The standard InChI is InChI=1S/C15H18F3N3O2/c1-4-23-14(22)19-10-5-6-11-12(7-10)21(8-9(2)3)13(20-11)15(16,17)18/h5-7,9H,4,8H2,1-3H3,(H,19,22). The Morgan fingerprint density at radius 3 is 2.65 bits per heavy atom. The molecule has 0 aliphatic heterocycles. The molecule has 0 saturated heterocycles. The summed E-state index contributed by atoms with van der Waals surface area (Å²) in [6, 6.07) is 4.41. The van der Waals surface area contributed by atoms with E-state index in [0.29, 0.717) is 11.2 Å². The van der Waals surface area contributed by atoms with Gasteiger partial charge in [-0.05, 0) is 31.0 Å². The largest absolute Gasteiger partial charge is 0.450 e. The molecule has 0 unspecified atom stereocenters. The van der Waals surface area contributed by atoms with Gasteiger partial charge in [-0.25, -0.2) is 9.78 Å². The van der Waals surface area contributed by atoms with E-state index in [9.17, 15) is 18.0 Å². The fraction of sp³-hybridized carbons (Fsp3) is 0.467. The van der Waals surface area contributed by atoms with Crippen LogP contribution in [0.25, 0.3) is 11.0 Å². The van der Waals surface area contributed by atoms with E-state index in [1.165, 1.54) is 18.2 Å². The van der Waals surface area contributed by atoms with Crippen LogP contribution in [-0.2, 0) is 17.5 Å². The Hall–Kier alpha value is -2.25. The summed E-state index contributed by atoms with van der Waals surface area (Å²) in [6.45, 7) is 5.70. The molecule has 2 rings (SSSR count). The van der Waals surface area contributed by atoms with Crippen molar-refractivity contribution in [1.82, 2.24) is 9.55 Å². The van der Waals surface area contributed by atoms with E-state index >= 15 is 0 Å². The number of amides is 1. The smallest absolute Gasteiger partial charge is 0.449 e. The Kier molecular flexibility index (Phi) is 4.82. The lowest BCUT2D eigenvalue weighted by Gasteiger charge is -2.13. The van der Waals surface area contributed by atoms with Gasteiger partial charge in [0.25, 0.3) is 0 Å². The molecule has 0 spiro atoms. The van der Waals surface area contributed by atoms with E-state index in [2.05, 4.69) is 10.3 Å². The van der Waals surface area contributed by atoms with Crippen LogP contribution >= 0.6 is 0 Å². The first kappa shape index (κ1) is 17.1. The van der Waals surface area contributed by atoms with E-state index < -0.39 is 18.1 Å². The number of alkyl halides is 3. The maximum atomic E-state index is 13.2. The summed E-state index contributed by atoms with van der Waals surface area (Å²) < 4.78 is 45.4. The SMILES string of the molecule is CCOC(=O)Nc1ccc2nc(C(F)(F)F)n(CC(C)C)c2c1. The van der Waals surface area contributed by atoms with Crippen LogP contribution in [0.2, 0.25) is 0 Å². The van der Waals surface area contributed by atoms with Gasteiger partial charge in [-0.3, -0.25) is 5.32 Å². The van der Waals surface area contributed by atoms with Gasteiger partial charge < -0.3 is 9.30 Å². The molecule has 0 radical (unpaired) electrons. The maximum Gasteiger partial charge on any atom is 0.449 e. The number of aromatic nitrogens is 2. The highest BCUT2D eigenvalue weighted by atomic mass is 19.4. The minimum absolute atomic E-state index is 0.00942. The zero-order valence-electron chi connectivity index (χ0n) is 13.1. The molecule has 1 aromatic heterocycles. The summed E-state index contributed by atoms with van der Waals surface area (Å²) >= 11 is 0. The molecular formula is C15H18F3N3O2. The first-order valence-electron chi connectivity index (χ1n) is 7.23. The number of carbonyl (C=O) groups is 1. The van der Waals surface area contributed by atoms with Crippen LogP contribution in [0.5, 0.6) is 0 Å². The molecule has 5 nitrogen and oxygen atoms in total. The molecule has 0 saturated carbocycles. The number of nitrogens with one attached hydrogen (secondary N) is 1. The minimum Gasteiger partial charge on any atom is -0.450 e. The number of nitrogens with zero attached hydrogens (tertiary/aromatic N) is 2. The molecular weight excluding hydrogens is 311 g/mol. The van der Waals surface area contributed by atoms with Gasteiger partial charge in [-0.2, -0.15) is 13.2 Å². The number of anilines is 1. The van der Waals surface area contributed by atoms with Gasteiger partial charge in [0, 0.05) is 12.2 Å². The minimum atomic E-state index is -4.54. The van der Waals surface area contributed by atoms with Crippen molar-refractivity contribution in [2.24, 2.45) is 5.92 Å². The fourth-order valence-corrected chi connectivity index (χ4v) is 2.25. The highest BCUT2D eigenvalue weighted by Gasteiger charge is 2.37. The van der Waals surface area contributed by atoms with Gasteiger partial charge in [0.05, 0.1) is 17.6 Å². The number of fused-ring (bicyclic) bond motifs is 1. The van der Waals surface area contributed by atoms with Gasteiger partial charge in [-0.15, -0.1) is 0 Å². The number of benzene rings is 1. The van der Waals surface area contributed by atoms with Crippen molar-refractivity contribution in [1.29, 1.82) is 0 Å².